The van der Waals surface area contributed by atoms with Crippen molar-refractivity contribution < 1.29 is 0 Å². The van der Waals surface area contributed by atoms with Gasteiger partial charge in [0.1, 0.15) is 0 Å². The van der Waals surface area contributed by atoms with Gasteiger partial charge >= 0.3 is 0 Å². The molecular weight excluding hydrogens is 527 g/mol. The van der Waals surface area contributed by atoms with Crippen LogP contribution in [0.1, 0.15) is 0 Å². The van der Waals surface area contributed by atoms with Crippen molar-refractivity contribution in [3.8, 4) is 39.1 Å². The molecule has 0 spiro atoms. The number of para-hydroxylation sites is 1. The van der Waals surface area contributed by atoms with Crippen LogP contribution in [0.25, 0.3) is 91.8 Å². The molecule has 9 aromatic rings. The second kappa shape index (κ2) is 8.19. The Morgan fingerprint density at radius 3 is 2.10 bits per heavy atom. The van der Waals surface area contributed by atoms with Crippen LogP contribution in [0.4, 0.5) is 0 Å². The van der Waals surface area contributed by atoms with Crippen molar-refractivity contribution in [2.45, 2.75) is 0 Å². The van der Waals surface area contributed by atoms with Gasteiger partial charge in [-0.3, -0.25) is 0 Å². The Morgan fingerprint density at radius 1 is 0.429 bits per heavy atom. The summed E-state index contributed by atoms with van der Waals surface area (Å²) in [5, 5.41) is 8.01. The first-order chi connectivity index (χ1) is 20.8. The molecule has 2 heterocycles. The highest BCUT2D eigenvalue weighted by Crippen LogP contribution is 2.48. The summed E-state index contributed by atoms with van der Waals surface area (Å²) in [5.41, 5.74) is 11.5. The molecule has 0 aliphatic heterocycles. The van der Waals surface area contributed by atoms with E-state index in [0.29, 0.717) is 0 Å². The first-order valence-corrected chi connectivity index (χ1v) is 15.3. The third-order valence-corrected chi connectivity index (χ3v) is 10.3. The van der Waals surface area contributed by atoms with Gasteiger partial charge in [-0.2, -0.15) is 0 Å². The van der Waals surface area contributed by atoms with Gasteiger partial charge in [0.05, 0.1) is 11.0 Å². The Hall–Kier alpha value is -5.18. The van der Waals surface area contributed by atoms with Gasteiger partial charge in [-0.25, -0.2) is 0 Å². The van der Waals surface area contributed by atoms with Gasteiger partial charge in [0, 0.05) is 36.6 Å². The molecule has 1 aliphatic rings. The summed E-state index contributed by atoms with van der Waals surface area (Å²) in [5.74, 6) is 0. The number of thiophene rings is 1. The van der Waals surface area contributed by atoms with Crippen LogP contribution in [0.5, 0.6) is 0 Å². The highest BCUT2D eigenvalue weighted by atomic mass is 32.1. The average Bonchev–Trinajstić information content (AvgIpc) is 3.70. The maximum absolute atomic E-state index is 2.45. The summed E-state index contributed by atoms with van der Waals surface area (Å²) < 4.78 is 5.16. The first kappa shape index (κ1) is 22.5. The molecule has 2 heteroatoms. The van der Waals surface area contributed by atoms with Gasteiger partial charge < -0.3 is 4.57 Å². The predicted molar refractivity (Wildman–Crippen MR) is 181 cm³/mol. The van der Waals surface area contributed by atoms with Crippen LogP contribution in [-0.4, -0.2) is 4.57 Å². The minimum atomic E-state index is 1.19. The summed E-state index contributed by atoms with van der Waals surface area (Å²) in [6.45, 7) is 0. The first-order valence-electron chi connectivity index (χ1n) is 14.4. The van der Waals surface area contributed by atoms with Gasteiger partial charge in [-0.05, 0) is 80.6 Å². The second-order valence-corrected chi connectivity index (χ2v) is 12.4. The Kier molecular flexibility index (Phi) is 4.39. The lowest BCUT2D eigenvalue weighted by molar-refractivity contribution is 1.18. The maximum Gasteiger partial charge on any atom is 0.0555 e. The minimum Gasteiger partial charge on any atom is -0.309 e. The molecule has 0 saturated heterocycles. The zero-order valence-electron chi connectivity index (χ0n) is 22.6. The van der Waals surface area contributed by atoms with Crippen LogP contribution in [0.15, 0.2) is 140 Å². The molecule has 0 bridgehead atoms. The fourth-order valence-corrected chi connectivity index (χ4v) is 8.57. The van der Waals surface area contributed by atoms with Crippen molar-refractivity contribution in [1.82, 2.24) is 4.57 Å². The van der Waals surface area contributed by atoms with Crippen molar-refractivity contribution in [3.05, 3.63) is 140 Å². The smallest absolute Gasteiger partial charge is 0.0555 e. The van der Waals surface area contributed by atoms with Crippen molar-refractivity contribution in [2.24, 2.45) is 0 Å². The number of nitrogens with zero attached hydrogens (tertiary/aromatic N) is 1. The summed E-state index contributed by atoms with van der Waals surface area (Å²) in [7, 11) is 0. The molecule has 7 aromatic carbocycles. The number of fused-ring (bicyclic) bond motifs is 10. The Balaban J connectivity index is 1.19. The van der Waals surface area contributed by atoms with Crippen molar-refractivity contribution in [2.75, 3.05) is 0 Å². The highest BCUT2D eigenvalue weighted by molar-refractivity contribution is 7.26. The third-order valence-electron chi connectivity index (χ3n) is 9.12. The summed E-state index contributed by atoms with van der Waals surface area (Å²) in [6.07, 6.45) is 0. The lowest BCUT2D eigenvalue weighted by atomic mass is 9.97. The van der Waals surface area contributed by atoms with Crippen molar-refractivity contribution in [3.63, 3.8) is 0 Å². The summed E-state index contributed by atoms with van der Waals surface area (Å²) >= 11 is 1.91. The molecule has 0 radical (unpaired) electrons. The molecule has 10 rings (SSSR count). The van der Waals surface area contributed by atoms with E-state index in [-0.39, 0.29) is 0 Å². The molecule has 42 heavy (non-hydrogen) atoms. The third kappa shape index (κ3) is 2.92. The molecule has 0 atom stereocenters. The van der Waals surface area contributed by atoms with Crippen LogP contribution >= 0.6 is 11.3 Å². The molecule has 0 fully saturated rings. The van der Waals surface area contributed by atoms with Gasteiger partial charge in [0.25, 0.3) is 0 Å². The molecule has 0 amide bonds. The molecule has 0 unspecified atom stereocenters. The van der Waals surface area contributed by atoms with E-state index in [0.717, 1.165) is 0 Å². The SMILES string of the molecule is c1cc(-c2ccc3c(c2)-c2cccc4cccc-3c24)cc(-n2c3ccccc3c3c4sc5ccccc5c4ccc32)c1. The molecule has 1 nitrogen and oxygen atoms in total. The van der Waals surface area contributed by atoms with Crippen LogP contribution in [-0.2, 0) is 0 Å². The largest absolute Gasteiger partial charge is 0.309 e. The number of hydrogen-bond donors (Lipinski definition) is 0. The standard InChI is InChI=1S/C40H23NS/c1-3-16-35-33(13-1)39-36(21-20-32-29-12-2-4-17-37(29)42-40(32)39)41(35)27-11-5-10-25(22-27)26-18-19-28-30-14-6-8-24-9-7-15-31(38(24)30)34(28)23-26/h1-23H. The Morgan fingerprint density at radius 2 is 1.19 bits per heavy atom. The number of rotatable bonds is 2. The van der Waals surface area contributed by atoms with Crippen molar-refractivity contribution in [1.29, 1.82) is 0 Å². The monoisotopic (exact) mass is 549 g/mol. The van der Waals surface area contributed by atoms with E-state index >= 15 is 0 Å². The van der Waals surface area contributed by atoms with E-state index < -0.39 is 0 Å². The number of aromatic nitrogens is 1. The molecule has 0 N–H and O–H groups in total. The zero-order valence-corrected chi connectivity index (χ0v) is 23.5. The van der Waals surface area contributed by atoms with E-state index in [1.165, 1.54) is 91.8 Å². The molecule has 0 saturated carbocycles. The van der Waals surface area contributed by atoms with E-state index in [4.69, 9.17) is 0 Å². The van der Waals surface area contributed by atoms with Crippen LogP contribution in [0.3, 0.4) is 0 Å². The lowest BCUT2D eigenvalue weighted by Gasteiger charge is -2.12. The second-order valence-electron chi connectivity index (χ2n) is 11.3. The van der Waals surface area contributed by atoms with Gasteiger partial charge in [-0.1, -0.05) is 103 Å². The predicted octanol–water partition coefficient (Wildman–Crippen LogP) is 11.6. The Bertz CT molecular complexity index is 2570. The lowest BCUT2D eigenvalue weighted by Crippen LogP contribution is -1.94. The zero-order chi connectivity index (χ0) is 27.4. The van der Waals surface area contributed by atoms with Crippen LogP contribution in [0, 0.1) is 0 Å². The van der Waals surface area contributed by atoms with E-state index in [1.807, 2.05) is 11.3 Å². The minimum absolute atomic E-state index is 1.19. The highest BCUT2D eigenvalue weighted by Gasteiger charge is 2.22. The fourth-order valence-electron chi connectivity index (χ4n) is 7.31. The van der Waals surface area contributed by atoms with Gasteiger partial charge in [-0.15, -0.1) is 11.3 Å². The summed E-state index contributed by atoms with van der Waals surface area (Å²) in [6, 6.07) is 51.6. The van der Waals surface area contributed by atoms with E-state index in [9.17, 15) is 0 Å². The number of hydrogen-bond acceptors (Lipinski definition) is 1. The summed E-state index contributed by atoms with van der Waals surface area (Å²) in [4.78, 5) is 0. The average molecular weight is 550 g/mol. The maximum atomic E-state index is 2.45. The molecule has 1 aliphatic carbocycles. The topological polar surface area (TPSA) is 4.93 Å². The Labute approximate surface area is 246 Å². The number of benzene rings is 7. The normalized spacial score (nSPS) is 12.3. The quantitative estimate of drug-likeness (QED) is 0.202. The molecule has 2 aromatic heterocycles. The van der Waals surface area contributed by atoms with Crippen LogP contribution in [0.2, 0.25) is 0 Å². The van der Waals surface area contributed by atoms with E-state index in [1.54, 1.807) is 0 Å². The molecule has 194 valence electrons. The molecular formula is C40H23NS. The van der Waals surface area contributed by atoms with Gasteiger partial charge in [0.2, 0.25) is 0 Å². The van der Waals surface area contributed by atoms with Crippen molar-refractivity contribution >= 4 is 64.1 Å². The van der Waals surface area contributed by atoms with E-state index in [2.05, 4.69) is 144 Å². The fraction of sp³-hybridized carbons (Fsp3) is 0. The van der Waals surface area contributed by atoms with Crippen LogP contribution < -0.4 is 0 Å². The van der Waals surface area contributed by atoms with Gasteiger partial charge in [0.15, 0.2) is 0 Å².